The van der Waals surface area contributed by atoms with Gasteiger partial charge >= 0.3 is 0 Å². The van der Waals surface area contributed by atoms with Crippen LogP contribution in [0.5, 0.6) is 0 Å². The average molecular weight is 287 g/mol. The molecule has 1 aromatic carbocycles. The fourth-order valence-electron chi connectivity index (χ4n) is 1.54. The molecule has 0 aliphatic rings. The molecule has 19 heavy (non-hydrogen) atoms. The van der Waals surface area contributed by atoms with Gasteiger partial charge in [0, 0.05) is 18.0 Å². The van der Waals surface area contributed by atoms with Crippen molar-refractivity contribution in [3.8, 4) is 0 Å². The summed E-state index contributed by atoms with van der Waals surface area (Å²) in [5, 5.41) is 17.8. The van der Waals surface area contributed by atoms with E-state index in [0.717, 1.165) is 0 Å². The lowest BCUT2D eigenvalue weighted by Gasteiger charge is -2.21. The first-order valence-corrected chi connectivity index (χ1v) is 7.16. The van der Waals surface area contributed by atoms with Crippen molar-refractivity contribution in [1.82, 2.24) is 0 Å². The lowest BCUT2D eigenvalue weighted by Crippen LogP contribution is -2.32. The zero-order chi connectivity index (χ0) is 14.3. The highest BCUT2D eigenvalue weighted by Crippen LogP contribution is 2.16. The molecule has 1 atom stereocenters. The second-order valence-corrected chi connectivity index (χ2v) is 5.00. The third-order valence-electron chi connectivity index (χ3n) is 2.50. The summed E-state index contributed by atoms with van der Waals surface area (Å²) in [5.41, 5.74) is 0.650. The molecule has 106 valence electrons. The zero-order valence-corrected chi connectivity index (χ0v) is 11.6. The smallest absolute Gasteiger partial charge is 0.236 e. The predicted molar refractivity (Wildman–Crippen MR) is 74.8 cm³/mol. The van der Waals surface area contributed by atoms with E-state index in [9.17, 15) is 14.3 Å². The van der Waals surface area contributed by atoms with E-state index in [4.69, 9.17) is 5.11 Å². The molecule has 1 amide bonds. The van der Waals surface area contributed by atoms with Crippen LogP contribution < -0.4 is 4.90 Å². The van der Waals surface area contributed by atoms with Gasteiger partial charge < -0.3 is 15.1 Å². The topological polar surface area (TPSA) is 60.8 Å². The molecule has 0 heterocycles. The van der Waals surface area contributed by atoms with E-state index in [1.54, 1.807) is 17.0 Å². The minimum absolute atomic E-state index is 0.107. The lowest BCUT2D eigenvalue weighted by atomic mass is 10.3. The van der Waals surface area contributed by atoms with Crippen molar-refractivity contribution in [3.63, 3.8) is 0 Å². The van der Waals surface area contributed by atoms with Gasteiger partial charge in [0.2, 0.25) is 5.91 Å². The van der Waals surface area contributed by atoms with Crippen LogP contribution in [0.1, 0.15) is 6.92 Å². The van der Waals surface area contributed by atoms with Gasteiger partial charge in [-0.15, -0.1) is 11.8 Å². The van der Waals surface area contributed by atoms with E-state index in [2.05, 4.69) is 0 Å². The molecule has 0 saturated heterocycles. The van der Waals surface area contributed by atoms with Crippen molar-refractivity contribution in [3.05, 3.63) is 30.1 Å². The van der Waals surface area contributed by atoms with Crippen LogP contribution in [0.4, 0.5) is 10.1 Å². The van der Waals surface area contributed by atoms with E-state index >= 15 is 0 Å². The van der Waals surface area contributed by atoms with Crippen LogP contribution in [0.25, 0.3) is 0 Å². The summed E-state index contributed by atoms with van der Waals surface area (Å²) in [6, 6.07) is 5.75. The number of nitrogens with zero attached hydrogens (tertiary/aromatic N) is 1. The van der Waals surface area contributed by atoms with Crippen LogP contribution in [0.2, 0.25) is 0 Å². The number of anilines is 1. The predicted octanol–water partition coefficient (Wildman–Crippen LogP) is 1.27. The van der Waals surface area contributed by atoms with Crippen LogP contribution in [-0.4, -0.2) is 46.9 Å². The van der Waals surface area contributed by atoms with Gasteiger partial charge in [-0.2, -0.15) is 0 Å². The summed E-state index contributed by atoms with van der Waals surface area (Å²) >= 11 is 1.26. The quantitative estimate of drug-likeness (QED) is 0.793. The molecule has 0 spiro atoms. The SMILES string of the molecule is CCN(C(=O)CSCC(O)CO)c1ccc(F)cc1. The summed E-state index contributed by atoms with van der Waals surface area (Å²) in [6.07, 6.45) is -0.807. The molecule has 0 aromatic heterocycles. The summed E-state index contributed by atoms with van der Waals surface area (Å²) < 4.78 is 12.8. The fourth-order valence-corrected chi connectivity index (χ4v) is 2.36. The zero-order valence-electron chi connectivity index (χ0n) is 10.8. The third kappa shape index (κ3) is 5.18. The van der Waals surface area contributed by atoms with E-state index in [1.807, 2.05) is 6.92 Å². The standard InChI is InChI=1S/C13H18FNO3S/c1-2-15(11-5-3-10(14)4-6-11)13(18)9-19-8-12(17)7-16/h3-6,12,16-17H,2,7-9H2,1H3. The fraction of sp³-hybridized carbons (Fsp3) is 0.462. The van der Waals surface area contributed by atoms with Crippen molar-refractivity contribution in [2.75, 3.05) is 29.6 Å². The number of halogens is 1. The van der Waals surface area contributed by atoms with Crippen LogP contribution in [0.15, 0.2) is 24.3 Å². The molecule has 0 saturated carbocycles. The van der Waals surface area contributed by atoms with Gasteiger partial charge in [-0.3, -0.25) is 4.79 Å². The Balaban J connectivity index is 2.54. The number of amides is 1. The second-order valence-electron chi connectivity index (χ2n) is 3.97. The van der Waals surface area contributed by atoms with Gasteiger partial charge in [0.15, 0.2) is 0 Å². The Morgan fingerprint density at radius 1 is 1.42 bits per heavy atom. The lowest BCUT2D eigenvalue weighted by molar-refractivity contribution is -0.116. The minimum atomic E-state index is -0.807. The molecule has 0 aliphatic heterocycles. The first-order valence-electron chi connectivity index (χ1n) is 6.01. The molecule has 0 bridgehead atoms. The van der Waals surface area contributed by atoms with E-state index < -0.39 is 6.10 Å². The molecule has 1 unspecified atom stereocenters. The highest BCUT2D eigenvalue weighted by molar-refractivity contribution is 8.00. The number of aliphatic hydroxyl groups excluding tert-OH is 2. The number of rotatable bonds is 7. The third-order valence-corrected chi connectivity index (χ3v) is 3.57. The molecule has 2 N–H and O–H groups in total. The van der Waals surface area contributed by atoms with Gasteiger partial charge in [-0.1, -0.05) is 0 Å². The maximum absolute atomic E-state index is 12.8. The van der Waals surface area contributed by atoms with Gasteiger partial charge in [-0.25, -0.2) is 4.39 Å². The van der Waals surface area contributed by atoms with Crippen LogP contribution >= 0.6 is 11.8 Å². The van der Waals surface area contributed by atoms with E-state index in [-0.39, 0.29) is 24.1 Å². The second kappa shape index (κ2) is 8.14. The number of thioether (sulfide) groups is 1. The van der Waals surface area contributed by atoms with Crippen LogP contribution in [-0.2, 0) is 4.79 Å². The molecule has 0 aliphatic carbocycles. The first-order chi connectivity index (χ1) is 9.08. The maximum Gasteiger partial charge on any atom is 0.236 e. The molecule has 4 nitrogen and oxygen atoms in total. The summed E-state index contributed by atoms with van der Waals surface area (Å²) in [7, 11) is 0. The van der Waals surface area contributed by atoms with Gasteiger partial charge in [0.1, 0.15) is 5.82 Å². The highest BCUT2D eigenvalue weighted by atomic mass is 32.2. The van der Waals surface area contributed by atoms with E-state index in [1.165, 1.54) is 23.9 Å². The van der Waals surface area contributed by atoms with Gasteiger partial charge in [-0.05, 0) is 31.2 Å². The molecule has 1 rings (SSSR count). The number of benzene rings is 1. The van der Waals surface area contributed by atoms with Crippen molar-refractivity contribution in [1.29, 1.82) is 0 Å². The number of carbonyl (C=O) groups excluding carboxylic acids is 1. The molecule has 1 aromatic rings. The summed E-state index contributed by atoms with van der Waals surface area (Å²) in [5.74, 6) is 0.0721. The van der Waals surface area contributed by atoms with Crippen LogP contribution in [0.3, 0.4) is 0 Å². The Morgan fingerprint density at radius 2 is 2.05 bits per heavy atom. The van der Waals surface area contributed by atoms with Crippen molar-refractivity contribution < 1.29 is 19.4 Å². The number of hydrogen-bond acceptors (Lipinski definition) is 4. The van der Waals surface area contributed by atoms with Crippen molar-refractivity contribution in [2.45, 2.75) is 13.0 Å². The number of aliphatic hydroxyl groups is 2. The molecular formula is C13H18FNO3S. The van der Waals surface area contributed by atoms with E-state index in [0.29, 0.717) is 18.0 Å². The monoisotopic (exact) mass is 287 g/mol. The maximum atomic E-state index is 12.8. The normalized spacial score (nSPS) is 12.2. The highest BCUT2D eigenvalue weighted by Gasteiger charge is 2.14. The summed E-state index contributed by atoms with van der Waals surface area (Å²) in [4.78, 5) is 13.6. The Kier molecular flexibility index (Phi) is 6.83. The Morgan fingerprint density at radius 3 is 2.58 bits per heavy atom. The molecule has 0 fully saturated rings. The molecule has 6 heteroatoms. The van der Waals surface area contributed by atoms with Crippen molar-refractivity contribution >= 4 is 23.4 Å². The average Bonchev–Trinajstić information content (AvgIpc) is 2.41. The first kappa shape index (κ1) is 15.9. The minimum Gasteiger partial charge on any atom is -0.394 e. The van der Waals surface area contributed by atoms with Crippen molar-refractivity contribution in [2.24, 2.45) is 0 Å². The number of carbonyl (C=O) groups is 1. The summed E-state index contributed by atoms with van der Waals surface area (Å²) in [6.45, 7) is 2.03. The Hall–Kier alpha value is -1.11. The largest absolute Gasteiger partial charge is 0.394 e. The Bertz CT molecular complexity index is 399. The van der Waals surface area contributed by atoms with Crippen LogP contribution in [0, 0.1) is 5.82 Å². The van der Waals surface area contributed by atoms with Gasteiger partial charge in [0.05, 0.1) is 18.5 Å². The molecule has 0 radical (unpaired) electrons. The van der Waals surface area contributed by atoms with Gasteiger partial charge in [0.25, 0.3) is 0 Å². The molecular weight excluding hydrogens is 269 g/mol. The Labute approximate surface area is 116 Å². The number of hydrogen-bond donors (Lipinski definition) is 2.